The molecular formula is C11H12F3N5. The van der Waals surface area contributed by atoms with Crippen molar-refractivity contribution in [1.29, 1.82) is 0 Å². The summed E-state index contributed by atoms with van der Waals surface area (Å²) >= 11 is 0. The minimum Gasteiger partial charge on any atom is -0.354 e. The number of halogens is 3. The quantitative estimate of drug-likeness (QED) is 0.796. The molecule has 19 heavy (non-hydrogen) atoms. The number of rotatable bonds is 1. The van der Waals surface area contributed by atoms with Crippen LogP contribution in [-0.2, 0) is 6.18 Å². The van der Waals surface area contributed by atoms with Gasteiger partial charge < -0.3 is 4.90 Å². The first-order chi connectivity index (χ1) is 8.86. The number of anilines is 1. The van der Waals surface area contributed by atoms with Gasteiger partial charge in [-0.25, -0.2) is 4.98 Å². The Balaban J connectivity index is 2.18. The van der Waals surface area contributed by atoms with E-state index < -0.39 is 12.0 Å². The Kier molecular flexibility index (Phi) is 2.45. The average Bonchev–Trinajstić information content (AvgIpc) is 2.70. The lowest BCUT2D eigenvalue weighted by atomic mass is 10.1. The van der Waals surface area contributed by atoms with Crippen molar-refractivity contribution in [3.63, 3.8) is 0 Å². The van der Waals surface area contributed by atoms with E-state index in [-0.39, 0.29) is 5.78 Å². The molecule has 3 heterocycles. The average molecular weight is 271 g/mol. The molecular weight excluding hydrogens is 259 g/mol. The summed E-state index contributed by atoms with van der Waals surface area (Å²) in [6.45, 7) is 4.56. The Bertz CT molecular complexity index is 633. The van der Waals surface area contributed by atoms with Crippen molar-refractivity contribution in [2.45, 2.75) is 32.5 Å². The summed E-state index contributed by atoms with van der Waals surface area (Å²) in [5.74, 6) is -0.550. The van der Waals surface area contributed by atoms with Crippen molar-refractivity contribution in [3.05, 3.63) is 17.6 Å². The maximum absolute atomic E-state index is 12.7. The van der Waals surface area contributed by atoms with Crippen molar-refractivity contribution in [2.75, 3.05) is 11.4 Å². The molecule has 0 saturated carbocycles. The molecule has 0 radical (unpaired) electrons. The second-order valence-corrected chi connectivity index (χ2v) is 4.73. The van der Waals surface area contributed by atoms with E-state index in [0.29, 0.717) is 17.6 Å². The number of nitrogens with zero attached hydrogens (tertiary/aromatic N) is 5. The minimum atomic E-state index is -4.56. The first kappa shape index (κ1) is 12.2. The Labute approximate surface area is 107 Å². The molecule has 1 aliphatic rings. The molecule has 0 N–H and O–H groups in total. The van der Waals surface area contributed by atoms with E-state index in [2.05, 4.69) is 15.1 Å². The SMILES string of the molecule is Cc1cc(N2CCC2C)n2nc(C(F)(F)F)nc2n1. The lowest BCUT2D eigenvalue weighted by Crippen LogP contribution is -2.46. The van der Waals surface area contributed by atoms with E-state index in [1.54, 1.807) is 13.0 Å². The monoisotopic (exact) mass is 271 g/mol. The zero-order chi connectivity index (χ0) is 13.8. The van der Waals surface area contributed by atoms with Crippen LogP contribution in [0.2, 0.25) is 0 Å². The Hall–Kier alpha value is -1.86. The van der Waals surface area contributed by atoms with E-state index in [9.17, 15) is 13.2 Å². The van der Waals surface area contributed by atoms with Crippen molar-refractivity contribution in [2.24, 2.45) is 0 Å². The van der Waals surface area contributed by atoms with Crippen LogP contribution in [0.3, 0.4) is 0 Å². The zero-order valence-corrected chi connectivity index (χ0v) is 10.4. The molecule has 5 nitrogen and oxygen atoms in total. The maximum Gasteiger partial charge on any atom is 0.453 e. The largest absolute Gasteiger partial charge is 0.453 e. The first-order valence-corrected chi connectivity index (χ1v) is 5.94. The third-order valence-electron chi connectivity index (χ3n) is 3.29. The number of fused-ring (bicyclic) bond motifs is 1. The van der Waals surface area contributed by atoms with Gasteiger partial charge in [0.05, 0.1) is 0 Å². The topological polar surface area (TPSA) is 46.3 Å². The van der Waals surface area contributed by atoms with Gasteiger partial charge in [0, 0.05) is 24.3 Å². The summed E-state index contributed by atoms with van der Waals surface area (Å²) < 4.78 is 39.1. The standard InChI is InChI=1S/C11H12F3N5/c1-6-5-8(18-4-3-7(18)2)19-10(15-6)16-9(17-19)11(12,13)14/h5,7H,3-4H2,1-2H3. The highest BCUT2D eigenvalue weighted by Crippen LogP contribution is 2.30. The van der Waals surface area contributed by atoms with Gasteiger partial charge in [0.15, 0.2) is 0 Å². The van der Waals surface area contributed by atoms with Gasteiger partial charge in [-0.15, -0.1) is 5.10 Å². The Morgan fingerprint density at radius 2 is 2.05 bits per heavy atom. The highest BCUT2D eigenvalue weighted by atomic mass is 19.4. The highest BCUT2D eigenvalue weighted by molar-refractivity contribution is 5.50. The van der Waals surface area contributed by atoms with Gasteiger partial charge in [0.25, 0.3) is 11.6 Å². The number of aryl methyl sites for hydroxylation is 1. The summed E-state index contributed by atoms with van der Waals surface area (Å²) in [6.07, 6.45) is -3.54. The second kappa shape index (κ2) is 3.82. The molecule has 0 spiro atoms. The van der Waals surface area contributed by atoms with Crippen LogP contribution in [0.1, 0.15) is 24.9 Å². The van der Waals surface area contributed by atoms with Gasteiger partial charge in [-0.3, -0.25) is 0 Å². The van der Waals surface area contributed by atoms with Crippen LogP contribution in [0.5, 0.6) is 0 Å². The molecule has 8 heteroatoms. The van der Waals surface area contributed by atoms with Crippen molar-refractivity contribution >= 4 is 11.6 Å². The summed E-state index contributed by atoms with van der Waals surface area (Å²) in [5, 5.41) is 3.54. The molecule has 0 amide bonds. The molecule has 0 aromatic carbocycles. The predicted molar refractivity (Wildman–Crippen MR) is 61.9 cm³/mol. The molecule has 102 valence electrons. The molecule has 3 rings (SSSR count). The van der Waals surface area contributed by atoms with Crippen LogP contribution < -0.4 is 4.90 Å². The highest BCUT2D eigenvalue weighted by Gasteiger charge is 2.37. The van der Waals surface area contributed by atoms with Crippen LogP contribution in [0.15, 0.2) is 6.07 Å². The maximum atomic E-state index is 12.7. The van der Waals surface area contributed by atoms with Gasteiger partial charge in [-0.1, -0.05) is 0 Å². The summed E-state index contributed by atoms with van der Waals surface area (Å²) in [5.41, 5.74) is 0.628. The molecule has 2 aromatic rings. The van der Waals surface area contributed by atoms with Crippen molar-refractivity contribution in [1.82, 2.24) is 19.6 Å². The molecule has 0 bridgehead atoms. The number of hydrogen-bond donors (Lipinski definition) is 0. The second-order valence-electron chi connectivity index (χ2n) is 4.73. The van der Waals surface area contributed by atoms with Gasteiger partial charge >= 0.3 is 6.18 Å². The van der Waals surface area contributed by atoms with Crippen LogP contribution in [0.4, 0.5) is 19.0 Å². The summed E-state index contributed by atoms with van der Waals surface area (Å²) in [7, 11) is 0. The van der Waals surface area contributed by atoms with Crippen molar-refractivity contribution < 1.29 is 13.2 Å². The lowest BCUT2D eigenvalue weighted by molar-refractivity contribution is -0.144. The lowest BCUT2D eigenvalue weighted by Gasteiger charge is -2.40. The summed E-state index contributed by atoms with van der Waals surface area (Å²) in [4.78, 5) is 9.46. The normalized spacial score (nSPS) is 19.8. The number of hydrogen-bond acceptors (Lipinski definition) is 4. The molecule has 0 aliphatic carbocycles. The van der Waals surface area contributed by atoms with E-state index in [1.165, 1.54) is 4.52 Å². The van der Waals surface area contributed by atoms with Gasteiger partial charge in [-0.2, -0.15) is 22.7 Å². The van der Waals surface area contributed by atoms with E-state index in [0.717, 1.165) is 13.0 Å². The fraction of sp³-hybridized carbons (Fsp3) is 0.545. The third kappa shape index (κ3) is 1.91. The third-order valence-corrected chi connectivity index (χ3v) is 3.29. The number of aromatic nitrogens is 4. The van der Waals surface area contributed by atoms with E-state index in [1.807, 2.05) is 11.8 Å². The van der Waals surface area contributed by atoms with Gasteiger partial charge in [-0.05, 0) is 20.3 Å². The van der Waals surface area contributed by atoms with Crippen LogP contribution in [0, 0.1) is 6.92 Å². The fourth-order valence-corrected chi connectivity index (χ4v) is 2.15. The molecule has 1 unspecified atom stereocenters. The van der Waals surface area contributed by atoms with Gasteiger partial charge in [0.2, 0.25) is 0 Å². The fourth-order valence-electron chi connectivity index (χ4n) is 2.15. The molecule has 1 atom stereocenters. The van der Waals surface area contributed by atoms with Crippen LogP contribution in [0.25, 0.3) is 5.78 Å². The zero-order valence-electron chi connectivity index (χ0n) is 10.4. The predicted octanol–water partition coefficient (Wildman–Crippen LogP) is 2.05. The van der Waals surface area contributed by atoms with Crippen LogP contribution in [-0.4, -0.2) is 32.2 Å². The Morgan fingerprint density at radius 1 is 1.32 bits per heavy atom. The van der Waals surface area contributed by atoms with Gasteiger partial charge in [0.1, 0.15) is 5.82 Å². The first-order valence-electron chi connectivity index (χ1n) is 5.94. The summed E-state index contributed by atoms with van der Waals surface area (Å²) in [6, 6.07) is 2.03. The van der Waals surface area contributed by atoms with E-state index in [4.69, 9.17) is 0 Å². The molecule has 1 fully saturated rings. The Morgan fingerprint density at radius 3 is 2.58 bits per heavy atom. The van der Waals surface area contributed by atoms with Crippen LogP contribution >= 0.6 is 0 Å². The minimum absolute atomic E-state index is 0.0126. The molecule has 1 saturated heterocycles. The number of alkyl halides is 3. The van der Waals surface area contributed by atoms with E-state index >= 15 is 0 Å². The molecule has 1 aliphatic heterocycles. The van der Waals surface area contributed by atoms with Crippen molar-refractivity contribution in [3.8, 4) is 0 Å². The molecule has 2 aromatic heterocycles. The smallest absolute Gasteiger partial charge is 0.354 e.